The Morgan fingerprint density at radius 1 is 1.45 bits per heavy atom. The lowest BCUT2D eigenvalue weighted by Crippen LogP contribution is -2.26. The van der Waals surface area contributed by atoms with Crippen LogP contribution in [0.1, 0.15) is 31.5 Å². The lowest BCUT2D eigenvalue weighted by Gasteiger charge is -2.16. The molecule has 1 aliphatic rings. The van der Waals surface area contributed by atoms with Crippen molar-refractivity contribution in [2.24, 2.45) is 5.16 Å². The zero-order valence-electron chi connectivity index (χ0n) is 11.9. The molecule has 1 aromatic heterocycles. The van der Waals surface area contributed by atoms with Crippen LogP contribution in [-0.2, 0) is 23.3 Å². The fourth-order valence-electron chi connectivity index (χ4n) is 1.89. The Bertz CT molecular complexity index is 591. The Hall–Kier alpha value is -0.600. The third kappa shape index (κ3) is 3.65. The molecule has 0 aliphatic carbocycles. The third-order valence-corrected chi connectivity index (χ3v) is 5.08. The molecule has 0 amide bonds. The van der Waals surface area contributed by atoms with E-state index in [0.29, 0.717) is 11.5 Å². The number of hydrogen-bond acceptors (Lipinski definition) is 4. The molecule has 124 valence electrons. The molecule has 4 nitrogen and oxygen atoms in total. The van der Waals surface area contributed by atoms with Crippen LogP contribution in [0.4, 0.5) is 13.2 Å². The highest BCUT2D eigenvalue weighted by atomic mass is 35.5. The molecule has 22 heavy (non-hydrogen) atoms. The fourth-order valence-corrected chi connectivity index (χ4v) is 3.51. The van der Waals surface area contributed by atoms with Gasteiger partial charge in [0.15, 0.2) is 11.3 Å². The zero-order valence-corrected chi connectivity index (χ0v) is 14.2. The van der Waals surface area contributed by atoms with Crippen LogP contribution in [0.2, 0.25) is 5.15 Å². The minimum absolute atomic E-state index is 0.00180. The summed E-state index contributed by atoms with van der Waals surface area (Å²) < 4.78 is 40.3. The highest BCUT2D eigenvalue weighted by Gasteiger charge is 2.39. The first kappa shape index (κ1) is 17.7. The molecule has 0 bridgehead atoms. The molecule has 2 rings (SSSR count). The Morgan fingerprint density at radius 3 is 2.64 bits per heavy atom. The molecule has 0 saturated carbocycles. The molecule has 1 aliphatic heterocycles. The van der Waals surface area contributed by atoms with Gasteiger partial charge in [-0.1, -0.05) is 16.8 Å². The van der Waals surface area contributed by atoms with Gasteiger partial charge in [-0.2, -0.15) is 18.3 Å². The van der Waals surface area contributed by atoms with E-state index in [-0.39, 0.29) is 28.9 Å². The summed E-state index contributed by atoms with van der Waals surface area (Å²) in [4.78, 5) is 5.20. The maximum atomic E-state index is 13.0. The van der Waals surface area contributed by atoms with E-state index < -0.39 is 17.5 Å². The van der Waals surface area contributed by atoms with Crippen LogP contribution in [-0.4, -0.2) is 26.3 Å². The molecule has 0 saturated heterocycles. The lowest BCUT2D eigenvalue weighted by molar-refractivity contribution is -0.142. The van der Waals surface area contributed by atoms with Crippen molar-refractivity contribution >= 4 is 40.0 Å². The Labute approximate surface area is 140 Å². The summed E-state index contributed by atoms with van der Waals surface area (Å²) in [6.07, 6.45) is -4.08. The molecular weight excluding hydrogens is 362 g/mol. The second-order valence-corrected chi connectivity index (χ2v) is 6.73. The highest BCUT2D eigenvalue weighted by Crippen LogP contribution is 2.38. The van der Waals surface area contributed by atoms with Gasteiger partial charge >= 0.3 is 6.18 Å². The van der Waals surface area contributed by atoms with Crippen molar-refractivity contribution in [3.8, 4) is 0 Å². The summed E-state index contributed by atoms with van der Waals surface area (Å²) in [5.41, 5.74) is -1.59. The maximum absolute atomic E-state index is 13.0. The zero-order chi connectivity index (χ0) is 16.5. The Kier molecular flexibility index (Phi) is 5.23. The molecule has 10 heteroatoms. The van der Waals surface area contributed by atoms with Crippen LogP contribution < -0.4 is 0 Å². The van der Waals surface area contributed by atoms with Crippen molar-refractivity contribution in [1.29, 1.82) is 0 Å². The SMILES string of the molecule is CCn1nc(C(F)(F)F)c(CSC2=NOC(C)(CCl)C2)c1Cl. The van der Waals surface area contributed by atoms with E-state index in [2.05, 4.69) is 10.3 Å². The van der Waals surface area contributed by atoms with Crippen molar-refractivity contribution in [2.75, 3.05) is 5.88 Å². The molecule has 2 heterocycles. The molecule has 0 spiro atoms. The van der Waals surface area contributed by atoms with Crippen LogP contribution in [0.15, 0.2) is 5.16 Å². The number of oxime groups is 1. The average molecular weight is 376 g/mol. The summed E-state index contributed by atoms with van der Waals surface area (Å²) in [7, 11) is 0. The third-order valence-electron chi connectivity index (χ3n) is 3.11. The number of aryl methyl sites for hydroxylation is 1. The van der Waals surface area contributed by atoms with Gasteiger partial charge in [-0.05, 0) is 13.8 Å². The van der Waals surface area contributed by atoms with Gasteiger partial charge in [-0.15, -0.1) is 23.4 Å². The number of nitrogens with zero attached hydrogens (tertiary/aromatic N) is 3. The normalized spacial score (nSPS) is 21.9. The molecule has 0 fully saturated rings. The van der Waals surface area contributed by atoms with Crippen molar-refractivity contribution in [2.45, 2.75) is 44.3 Å². The van der Waals surface area contributed by atoms with E-state index in [1.54, 1.807) is 13.8 Å². The number of halogens is 5. The van der Waals surface area contributed by atoms with Gasteiger partial charge < -0.3 is 4.84 Å². The molecule has 0 N–H and O–H groups in total. The predicted molar refractivity (Wildman–Crippen MR) is 81.5 cm³/mol. The topological polar surface area (TPSA) is 39.4 Å². The molecule has 0 radical (unpaired) electrons. The van der Waals surface area contributed by atoms with Gasteiger partial charge in [-0.25, -0.2) is 0 Å². The first-order chi connectivity index (χ1) is 10.2. The second-order valence-electron chi connectivity index (χ2n) is 5.06. The largest absolute Gasteiger partial charge is 0.435 e. The minimum atomic E-state index is -4.54. The van der Waals surface area contributed by atoms with Gasteiger partial charge in [0.05, 0.1) is 5.88 Å². The summed E-state index contributed by atoms with van der Waals surface area (Å²) in [5, 5.41) is 8.01. The van der Waals surface area contributed by atoms with E-state index >= 15 is 0 Å². The summed E-state index contributed by atoms with van der Waals surface area (Å²) >= 11 is 12.9. The molecule has 1 atom stereocenters. The standard InChI is InChI=1S/C12H14Cl2F3N3OS/c1-3-20-10(14)7(9(18-20)12(15,16)17)5-22-8-4-11(2,6-13)21-19-8/h3-6H2,1-2H3. The van der Waals surface area contributed by atoms with Crippen LogP contribution in [0.5, 0.6) is 0 Å². The average Bonchev–Trinajstić information content (AvgIpc) is 2.98. The Balaban J connectivity index is 2.15. The first-order valence-electron chi connectivity index (χ1n) is 6.46. The van der Waals surface area contributed by atoms with Crippen molar-refractivity contribution in [3.63, 3.8) is 0 Å². The van der Waals surface area contributed by atoms with Crippen molar-refractivity contribution in [1.82, 2.24) is 9.78 Å². The first-order valence-corrected chi connectivity index (χ1v) is 8.36. The van der Waals surface area contributed by atoms with Gasteiger partial charge in [0.1, 0.15) is 10.2 Å². The van der Waals surface area contributed by atoms with Crippen molar-refractivity contribution < 1.29 is 18.0 Å². The number of rotatable bonds is 4. The van der Waals surface area contributed by atoms with Gasteiger partial charge in [0.25, 0.3) is 0 Å². The lowest BCUT2D eigenvalue weighted by atomic mass is 10.1. The number of hydrogen-bond donors (Lipinski definition) is 0. The van der Waals surface area contributed by atoms with Crippen LogP contribution >= 0.6 is 35.0 Å². The van der Waals surface area contributed by atoms with Crippen LogP contribution in [0.3, 0.4) is 0 Å². The molecular formula is C12H14Cl2F3N3OS. The quantitative estimate of drug-likeness (QED) is 0.725. The van der Waals surface area contributed by atoms with E-state index in [1.807, 2.05) is 0 Å². The predicted octanol–water partition coefficient (Wildman–Crippen LogP) is 4.54. The highest BCUT2D eigenvalue weighted by molar-refractivity contribution is 8.13. The monoisotopic (exact) mass is 375 g/mol. The Morgan fingerprint density at radius 2 is 2.14 bits per heavy atom. The van der Waals surface area contributed by atoms with Gasteiger partial charge in [0, 0.05) is 24.3 Å². The molecule has 1 unspecified atom stereocenters. The fraction of sp³-hybridized carbons (Fsp3) is 0.667. The van der Waals surface area contributed by atoms with E-state index in [0.717, 1.165) is 16.4 Å². The smallest absolute Gasteiger partial charge is 0.387 e. The number of aromatic nitrogens is 2. The van der Waals surface area contributed by atoms with Gasteiger partial charge in [0.2, 0.25) is 0 Å². The molecule has 1 aromatic rings. The summed E-state index contributed by atoms with van der Waals surface area (Å²) in [6.45, 7) is 3.73. The van der Waals surface area contributed by atoms with E-state index in [9.17, 15) is 13.2 Å². The summed E-state index contributed by atoms with van der Waals surface area (Å²) in [5.74, 6) is 0.275. The van der Waals surface area contributed by atoms with Crippen molar-refractivity contribution in [3.05, 3.63) is 16.4 Å². The van der Waals surface area contributed by atoms with Gasteiger partial charge in [-0.3, -0.25) is 4.68 Å². The summed E-state index contributed by atoms with van der Waals surface area (Å²) in [6, 6.07) is 0. The van der Waals surface area contributed by atoms with E-state index in [4.69, 9.17) is 28.0 Å². The van der Waals surface area contributed by atoms with Crippen LogP contribution in [0.25, 0.3) is 0 Å². The number of alkyl halides is 4. The van der Waals surface area contributed by atoms with E-state index in [1.165, 1.54) is 0 Å². The number of thioether (sulfide) groups is 1. The second kappa shape index (κ2) is 6.49. The minimum Gasteiger partial charge on any atom is -0.387 e. The van der Waals surface area contributed by atoms with Crippen LogP contribution in [0, 0.1) is 0 Å². The maximum Gasteiger partial charge on any atom is 0.435 e. The molecule has 0 aromatic carbocycles.